The highest BCUT2D eigenvalue weighted by atomic mass is 127. The molecule has 0 aliphatic carbocycles. The van der Waals surface area contributed by atoms with Gasteiger partial charge in [-0.2, -0.15) is 5.26 Å². The van der Waals surface area contributed by atoms with Crippen molar-refractivity contribution in [1.29, 1.82) is 5.26 Å². The highest BCUT2D eigenvalue weighted by Crippen LogP contribution is 2.21. The number of carbonyl (C=O) groups excluding carboxylic acids is 2. The fourth-order valence-electron chi connectivity index (χ4n) is 0.969. The molecule has 0 saturated carbocycles. The summed E-state index contributed by atoms with van der Waals surface area (Å²) in [7, 11) is 0. The predicted molar refractivity (Wildman–Crippen MR) is 59.4 cm³/mol. The van der Waals surface area contributed by atoms with Crippen LogP contribution in [0, 0.1) is 14.9 Å². The number of hydrogen-bond acceptors (Lipinski definition) is 3. The Morgan fingerprint density at radius 3 is 2.64 bits per heavy atom. The first kappa shape index (κ1) is 11.1. The first-order valence-electron chi connectivity index (χ1n) is 3.49. The minimum atomic E-state index is -0.727. The molecule has 0 N–H and O–H groups in total. The molecule has 0 aromatic heterocycles. The Bertz CT molecular complexity index is 451. The summed E-state index contributed by atoms with van der Waals surface area (Å²) in [5, 5.41) is 7.98. The van der Waals surface area contributed by atoms with Gasteiger partial charge in [0.2, 0.25) is 0 Å². The van der Waals surface area contributed by atoms with Gasteiger partial charge in [-0.1, -0.05) is 0 Å². The molecule has 0 atom stereocenters. The lowest BCUT2D eigenvalue weighted by molar-refractivity contribution is 0.108. The van der Waals surface area contributed by atoms with Crippen LogP contribution in [0.15, 0.2) is 12.1 Å². The number of hydrogen-bond donors (Lipinski definition) is 0. The van der Waals surface area contributed by atoms with Crippen LogP contribution in [-0.4, -0.2) is 11.5 Å². The number of rotatable bonds is 2. The number of carbonyl (C=O) groups is 2. The maximum atomic E-state index is 11.0. The van der Waals surface area contributed by atoms with Crippen LogP contribution in [0.25, 0.3) is 0 Å². The van der Waals surface area contributed by atoms with Crippen LogP contribution in [0.2, 0.25) is 0 Å². The van der Waals surface area contributed by atoms with E-state index in [0.29, 0.717) is 15.4 Å². The summed E-state index contributed by atoms with van der Waals surface area (Å²) in [4.78, 5) is 21.6. The van der Waals surface area contributed by atoms with Crippen LogP contribution in [0.3, 0.4) is 0 Å². The molecule has 0 radical (unpaired) electrons. The third-order valence-electron chi connectivity index (χ3n) is 1.62. The van der Waals surface area contributed by atoms with Crippen molar-refractivity contribution in [3.05, 3.63) is 32.4 Å². The fourth-order valence-corrected chi connectivity index (χ4v) is 2.17. The normalized spacial score (nSPS) is 9.21. The summed E-state index contributed by atoms with van der Waals surface area (Å²) in [6.45, 7) is 0. The van der Waals surface area contributed by atoms with Crippen LogP contribution in [0.1, 0.15) is 26.3 Å². The van der Waals surface area contributed by atoms with Crippen LogP contribution >= 0.6 is 34.2 Å². The van der Waals surface area contributed by atoms with E-state index in [-0.39, 0.29) is 11.1 Å². The van der Waals surface area contributed by atoms with E-state index in [4.69, 9.17) is 16.9 Å². The number of halogens is 2. The monoisotopic (exact) mass is 319 g/mol. The zero-order chi connectivity index (χ0) is 10.7. The number of aldehydes is 1. The molecule has 5 heteroatoms. The molecule has 0 fully saturated rings. The van der Waals surface area contributed by atoms with Gasteiger partial charge in [-0.05, 0) is 46.3 Å². The van der Waals surface area contributed by atoms with E-state index in [2.05, 4.69) is 0 Å². The molecule has 1 aromatic rings. The van der Waals surface area contributed by atoms with Gasteiger partial charge < -0.3 is 0 Å². The highest BCUT2D eigenvalue weighted by molar-refractivity contribution is 14.1. The molecule has 1 aromatic carbocycles. The maximum absolute atomic E-state index is 11.0. The Labute approximate surface area is 98.8 Å². The van der Waals surface area contributed by atoms with E-state index < -0.39 is 5.24 Å². The second-order valence-corrected chi connectivity index (χ2v) is 3.82. The van der Waals surface area contributed by atoms with Gasteiger partial charge in [-0.25, -0.2) is 0 Å². The van der Waals surface area contributed by atoms with Gasteiger partial charge in [0, 0.05) is 9.13 Å². The average Bonchev–Trinajstić information content (AvgIpc) is 2.16. The van der Waals surface area contributed by atoms with Crippen LogP contribution < -0.4 is 0 Å². The van der Waals surface area contributed by atoms with Crippen molar-refractivity contribution >= 4 is 45.7 Å². The van der Waals surface area contributed by atoms with Crippen molar-refractivity contribution in [2.24, 2.45) is 0 Å². The van der Waals surface area contributed by atoms with Gasteiger partial charge in [0.1, 0.15) is 0 Å². The Kier molecular flexibility index (Phi) is 3.61. The van der Waals surface area contributed by atoms with Gasteiger partial charge in [0.15, 0.2) is 6.29 Å². The molecule has 0 spiro atoms. The molecule has 1 rings (SSSR count). The van der Waals surface area contributed by atoms with Crippen molar-refractivity contribution in [2.45, 2.75) is 0 Å². The molecule has 0 saturated heterocycles. The van der Waals surface area contributed by atoms with E-state index in [9.17, 15) is 9.59 Å². The summed E-state index contributed by atoms with van der Waals surface area (Å²) >= 11 is 7.13. The summed E-state index contributed by atoms with van der Waals surface area (Å²) in [5.74, 6) is 0. The third-order valence-corrected chi connectivity index (χ3v) is 2.97. The fraction of sp³-hybridized carbons (Fsp3) is 0. The summed E-state index contributed by atoms with van der Waals surface area (Å²) in [6.07, 6.45) is 0.617. The van der Waals surface area contributed by atoms with E-state index >= 15 is 0 Å². The number of benzene rings is 1. The molecule has 0 heterocycles. The van der Waals surface area contributed by atoms with Crippen LogP contribution in [0.4, 0.5) is 0 Å². The van der Waals surface area contributed by atoms with E-state index in [1.165, 1.54) is 12.1 Å². The van der Waals surface area contributed by atoms with Crippen LogP contribution in [0.5, 0.6) is 0 Å². The lowest BCUT2D eigenvalue weighted by atomic mass is 10.1. The van der Waals surface area contributed by atoms with Gasteiger partial charge in [-0.15, -0.1) is 0 Å². The second kappa shape index (κ2) is 4.53. The van der Waals surface area contributed by atoms with E-state index in [1.807, 2.05) is 28.7 Å². The molecule has 0 unspecified atom stereocenters. The molecule has 0 amide bonds. The minimum Gasteiger partial charge on any atom is -0.298 e. The number of nitriles is 1. The number of nitrogens with zero attached hydrogens (tertiary/aromatic N) is 1. The SMILES string of the molecule is N#Cc1ccc(C=O)c(I)c1C(=O)Cl. The molecular formula is C9H3ClINO2. The topological polar surface area (TPSA) is 57.9 Å². The Hall–Kier alpha value is -0.930. The first-order valence-corrected chi connectivity index (χ1v) is 4.95. The molecular weight excluding hydrogens is 316 g/mol. The first-order chi connectivity index (χ1) is 6.61. The van der Waals surface area contributed by atoms with Gasteiger partial charge in [-0.3, -0.25) is 9.59 Å². The molecule has 0 aliphatic rings. The smallest absolute Gasteiger partial charge is 0.254 e. The van der Waals surface area contributed by atoms with Crippen molar-refractivity contribution in [3.8, 4) is 6.07 Å². The predicted octanol–water partition coefficient (Wildman–Crippen LogP) is 2.35. The minimum absolute atomic E-state index is 0.0966. The quantitative estimate of drug-likeness (QED) is 0.478. The van der Waals surface area contributed by atoms with Gasteiger partial charge in [0.05, 0.1) is 17.2 Å². The van der Waals surface area contributed by atoms with Crippen molar-refractivity contribution in [3.63, 3.8) is 0 Å². The standard InChI is InChI=1S/C9H3ClINO2/c10-9(14)7-5(3-12)1-2-6(4-13)8(7)11/h1-2,4H. The zero-order valence-corrected chi connectivity index (χ0v) is 9.67. The van der Waals surface area contributed by atoms with Crippen LogP contribution in [-0.2, 0) is 0 Å². The van der Waals surface area contributed by atoms with Gasteiger partial charge in [0.25, 0.3) is 5.24 Å². The summed E-state index contributed by atoms with van der Waals surface area (Å²) in [6, 6.07) is 4.73. The maximum Gasteiger partial charge on any atom is 0.254 e. The Morgan fingerprint density at radius 2 is 2.21 bits per heavy atom. The highest BCUT2D eigenvalue weighted by Gasteiger charge is 2.15. The lowest BCUT2D eigenvalue weighted by Gasteiger charge is -2.03. The molecule has 0 aliphatic heterocycles. The molecule has 0 bridgehead atoms. The molecule has 3 nitrogen and oxygen atoms in total. The lowest BCUT2D eigenvalue weighted by Crippen LogP contribution is -2.01. The largest absolute Gasteiger partial charge is 0.298 e. The Balaban J connectivity index is 3.56. The van der Waals surface area contributed by atoms with Crippen molar-refractivity contribution in [2.75, 3.05) is 0 Å². The summed E-state index contributed by atoms with van der Waals surface area (Å²) < 4.78 is 0.414. The molecule has 70 valence electrons. The molecule has 14 heavy (non-hydrogen) atoms. The van der Waals surface area contributed by atoms with Crippen molar-refractivity contribution in [1.82, 2.24) is 0 Å². The Morgan fingerprint density at radius 1 is 1.57 bits per heavy atom. The average molecular weight is 319 g/mol. The zero-order valence-electron chi connectivity index (χ0n) is 6.75. The summed E-state index contributed by atoms with van der Waals surface area (Å²) in [5.41, 5.74) is 0.632. The van der Waals surface area contributed by atoms with E-state index in [0.717, 1.165) is 0 Å². The van der Waals surface area contributed by atoms with Gasteiger partial charge >= 0.3 is 0 Å². The second-order valence-electron chi connectivity index (χ2n) is 2.39. The third kappa shape index (κ3) is 1.94. The van der Waals surface area contributed by atoms with E-state index in [1.54, 1.807) is 0 Å². The van der Waals surface area contributed by atoms with Crippen molar-refractivity contribution < 1.29 is 9.59 Å².